The van der Waals surface area contributed by atoms with Gasteiger partial charge in [-0.15, -0.1) is 0 Å². The van der Waals surface area contributed by atoms with E-state index in [4.69, 9.17) is 39.1 Å². The van der Waals surface area contributed by atoms with Crippen LogP contribution in [0.2, 0.25) is 0 Å². The van der Waals surface area contributed by atoms with E-state index in [9.17, 15) is 15.0 Å². The number of likely N-dealkylation sites (tertiary alicyclic amines) is 1. The Balaban J connectivity index is 1.06. The maximum Gasteiger partial charge on any atom is 0.219 e. The lowest BCUT2D eigenvalue weighted by Gasteiger charge is -2.37. The van der Waals surface area contributed by atoms with E-state index >= 15 is 0 Å². The van der Waals surface area contributed by atoms with E-state index in [0.717, 1.165) is 75.8 Å². The molecule has 2 fully saturated rings. The molecule has 6 heterocycles. The number of likely N-dealkylation sites (N-methyl/N-ethyl adjacent to an activating group) is 2. The average Bonchev–Trinajstić information content (AvgIpc) is 3.71. The van der Waals surface area contributed by atoms with Gasteiger partial charge in [0.1, 0.15) is 54.7 Å². The largest absolute Gasteiger partial charge is 0.491 e. The molecule has 0 bridgehead atoms. The van der Waals surface area contributed by atoms with Crippen LogP contribution < -0.4 is 30.3 Å². The number of carbonyl (C=O) groups excluding carboxylic acids is 1. The lowest BCUT2D eigenvalue weighted by atomic mass is 9.99. The number of aryl methyl sites for hydroxylation is 2. The zero-order chi connectivity index (χ0) is 48.4. The summed E-state index contributed by atoms with van der Waals surface area (Å²) in [5, 5.41) is 37.8. The summed E-state index contributed by atoms with van der Waals surface area (Å²) in [5.41, 5.74) is 7.30. The van der Waals surface area contributed by atoms with Gasteiger partial charge in [-0.3, -0.25) is 14.9 Å². The number of rotatable bonds is 19. The molecule has 6 N–H and O–H groups in total. The summed E-state index contributed by atoms with van der Waals surface area (Å²) < 4.78 is 18.3. The van der Waals surface area contributed by atoms with Crippen molar-refractivity contribution in [3.8, 4) is 56.8 Å². The highest BCUT2D eigenvalue weighted by atomic mass is 16.5. The molecule has 6 aromatic rings. The van der Waals surface area contributed by atoms with Crippen molar-refractivity contribution in [2.24, 2.45) is 0 Å². The molecule has 4 atom stereocenters. The number of pyridine rings is 1. The lowest BCUT2D eigenvalue weighted by Crippen LogP contribution is -2.45. The topological polar surface area (TPSA) is 221 Å². The summed E-state index contributed by atoms with van der Waals surface area (Å²) in [6.45, 7) is 8.57. The van der Waals surface area contributed by atoms with E-state index in [0.29, 0.717) is 68.2 Å². The van der Waals surface area contributed by atoms with Crippen LogP contribution in [0.25, 0.3) is 45.3 Å². The first-order valence-electron chi connectivity index (χ1n) is 23.7. The van der Waals surface area contributed by atoms with Crippen LogP contribution in [0.15, 0.2) is 79.0 Å². The number of piperidine rings is 1. The zero-order valence-corrected chi connectivity index (χ0v) is 40.3. The van der Waals surface area contributed by atoms with Crippen LogP contribution in [-0.4, -0.2) is 148 Å². The highest BCUT2D eigenvalue weighted by Gasteiger charge is 2.28. The second kappa shape index (κ2) is 22.7. The molecule has 18 heteroatoms. The second-order valence-corrected chi connectivity index (χ2v) is 17.8. The van der Waals surface area contributed by atoms with Crippen molar-refractivity contribution >= 4 is 17.5 Å². The molecule has 0 saturated carbocycles. The third-order valence-electron chi connectivity index (χ3n) is 12.6. The normalized spacial score (nSPS) is 17.3. The summed E-state index contributed by atoms with van der Waals surface area (Å²) >= 11 is 0. The number of anilines is 2. The Bertz CT molecular complexity index is 2650. The fourth-order valence-electron chi connectivity index (χ4n) is 8.90. The SMILES string of the molecule is CNCC(O)COc1cccc(-c2nc(NC3CCOC(c4cc(-c5cc(N(C)C6CCN(C(C)=O)CC6)nc(-c6cccc(OCC(O)CNC)c6)n5)ccn4)C3)cc(-c3c(C)n[nH]c3C)n2)c1. The van der Waals surface area contributed by atoms with Gasteiger partial charge in [-0.2, -0.15) is 5.10 Å². The highest BCUT2D eigenvalue weighted by molar-refractivity contribution is 5.74. The van der Waals surface area contributed by atoms with Gasteiger partial charge in [-0.05, 0) is 90.0 Å². The van der Waals surface area contributed by atoms with Gasteiger partial charge in [-0.1, -0.05) is 24.3 Å². The Morgan fingerprint density at radius 3 is 2.12 bits per heavy atom. The van der Waals surface area contributed by atoms with Crippen LogP contribution in [0.1, 0.15) is 55.8 Å². The molecule has 2 saturated heterocycles. The van der Waals surface area contributed by atoms with Crippen molar-refractivity contribution < 1.29 is 29.2 Å². The molecule has 18 nitrogen and oxygen atoms in total. The lowest BCUT2D eigenvalue weighted by molar-refractivity contribution is -0.129. The number of aromatic amines is 1. The minimum atomic E-state index is -0.660. The zero-order valence-electron chi connectivity index (χ0n) is 40.3. The molecular formula is C51H64N12O6. The van der Waals surface area contributed by atoms with Crippen LogP contribution in [0.4, 0.5) is 11.6 Å². The van der Waals surface area contributed by atoms with Gasteiger partial charge >= 0.3 is 0 Å². The van der Waals surface area contributed by atoms with Crippen molar-refractivity contribution in [3.63, 3.8) is 0 Å². The number of benzene rings is 2. The van der Waals surface area contributed by atoms with Crippen LogP contribution >= 0.6 is 0 Å². The first-order chi connectivity index (χ1) is 33.4. The number of carbonyl (C=O) groups is 1. The van der Waals surface area contributed by atoms with Crippen LogP contribution in [-0.2, 0) is 9.53 Å². The van der Waals surface area contributed by atoms with Crippen LogP contribution in [0, 0.1) is 13.8 Å². The maximum absolute atomic E-state index is 12.2. The van der Waals surface area contributed by atoms with Crippen molar-refractivity contribution in [1.29, 1.82) is 0 Å². The van der Waals surface area contributed by atoms with Crippen LogP contribution in [0.3, 0.4) is 0 Å². The van der Waals surface area contributed by atoms with Gasteiger partial charge in [0.15, 0.2) is 11.6 Å². The number of nitrogens with zero attached hydrogens (tertiary/aromatic N) is 8. The summed E-state index contributed by atoms with van der Waals surface area (Å²) in [6, 6.07) is 23.4. The van der Waals surface area contributed by atoms with Gasteiger partial charge < -0.3 is 50.2 Å². The summed E-state index contributed by atoms with van der Waals surface area (Å²) in [6.07, 6.45) is 3.20. The summed E-state index contributed by atoms with van der Waals surface area (Å²) in [7, 11) is 5.63. The maximum atomic E-state index is 12.2. The molecule has 2 aliphatic heterocycles. The van der Waals surface area contributed by atoms with E-state index in [1.807, 2.05) is 85.5 Å². The van der Waals surface area contributed by atoms with E-state index < -0.39 is 12.2 Å². The van der Waals surface area contributed by atoms with E-state index in [2.05, 4.69) is 44.2 Å². The van der Waals surface area contributed by atoms with Crippen molar-refractivity contribution in [2.75, 3.05) is 77.4 Å². The number of hydrogen-bond acceptors (Lipinski definition) is 16. The van der Waals surface area contributed by atoms with Gasteiger partial charge in [0.25, 0.3) is 0 Å². The Labute approximate surface area is 403 Å². The Kier molecular flexibility index (Phi) is 16.1. The molecule has 2 aromatic carbocycles. The minimum Gasteiger partial charge on any atom is -0.491 e. The number of aliphatic hydroxyl groups is 2. The van der Waals surface area contributed by atoms with E-state index in [1.54, 1.807) is 27.2 Å². The first kappa shape index (κ1) is 48.9. The monoisotopic (exact) mass is 941 g/mol. The standard InChI is InChI=1S/C51H64N12O6/c1-31-49(32(2)61-60-31)45-25-47(58-50(57-45)35-9-7-11-41(21-35)68-29-39(65)27-52-4)55-37-16-20-67-46(24-37)44-23-34(13-17-54-44)43-26-48(62(6)38-14-18-63(19-15-38)33(3)64)59-51(56-43)36-10-8-12-42(22-36)69-30-40(66)28-53-5/h7-13,17,21-23,25-26,37-40,46,52-53,65-66H,14-16,18-20,24,27-30H2,1-6H3,(H,60,61)(H,55,57,58). The fourth-order valence-corrected chi connectivity index (χ4v) is 8.90. The van der Waals surface area contributed by atoms with E-state index in [-0.39, 0.29) is 37.3 Å². The molecule has 0 spiro atoms. The molecule has 1 amide bonds. The predicted molar refractivity (Wildman–Crippen MR) is 265 cm³/mol. The first-order valence-corrected chi connectivity index (χ1v) is 23.7. The molecule has 4 unspecified atom stereocenters. The van der Waals surface area contributed by atoms with Crippen molar-refractivity contribution in [2.45, 2.75) is 76.9 Å². The molecule has 364 valence electrons. The van der Waals surface area contributed by atoms with E-state index in [1.165, 1.54) is 0 Å². The number of aromatic nitrogens is 7. The Hall–Kier alpha value is -6.57. The van der Waals surface area contributed by atoms with Crippen molar-refractivity contribution in [3.05, 3.63) is 96.1 Å². The third kappa shape index (κ3) is 12.4. The molecule has 4 aromatic heterocycles. The Morgan fingerprint density at radius 2 is 1.49 bits per heavy atom. The number of ether oxygens (including phenoxy) is 3. The number of H-pyrrole nitrogens is 1. The summed E-state index contributed by atoms with van der Waals surface area (Å²) in [5.74, 6) is 3.77. The predicted octanol–water partition coefficient (Wildman–Crippen LogP) is 5.37. The number of nitrogens with one attached hydrogen (secondary N) is 4. The van der Waals surface area contributed by atoms with Gasteiger partial charge in [0, 0.05) is 105 Å². The Morgan fingerprint density at radius 1 is 0.841 bits per heavy atom. The van der Waals surface area contributed by atoms with Crippen molar-refractivity contribution in [1.82, 2.24) is 50.7 Å². The van der Waals surface area contributed by atoms with Crippen LogP contribution in [0.5, 0.6) is 11.5 Å². The molecule has 2 aliphatic rings. The fraction of sp³-hybridized carbons (Fsp3) is 0.431. The highest BCUT2D eigenvalue weighted by Crippen LogP contribution is 2.35. The number of hydrogen-bond donors (Lipinski definition) is 6. The quantitative estimate of drug-likeness (QED) is 0.0601. The molecule has 8 rings (SSSR count). The molecular weight excluding hydrogens is 877 g/mol. The minimum absolute atomic E-state index is 0.00570. The molecule has 0 aliphatic carbocycles. The average molecular weight is 941 g/mol. The third-order valence-corrected chi connectivity index (χ3v) is 12.6. The number of aliphatic hydroxyl groups excluding tert-OH is 2. The molecule has 0 radical (unpaired) electrons. The molecule has 69 heavy (non-hydrogen) atoms. The van der Waals surface area contributed by atoms with Gasteiger partial charge in [-0.25, -0.2) is 19.9 Å². The van der Waals surface area contributed by atoms with Gasteiger partial charge in [0.05, 0.1) is 22.8 Å². The van der Waals surface area contributed by atoms with Gasteiger partial charge in [0.2, 0.25) is 5.91 Å². The summed E-state index contributed by atoms with van der Waals surface area (Å²) in [4.78, 5) is 41.4. The smallest absolute Gasteiger partial charge is 0.219 e. The number of amides is 1. The second-order valence-electron chi connectivity index (χ2n) is 17.8.